The first-order valence-corrected chi connectivity index (χ1v) is 6.65. The molecule has 0 unspecified atom stereocenters. The van der Waals surface area contributed by atoms with E-state index in [1.54, 1.807) is 0 Å². The lowest BCUT2D eigenvalue weighted by molar-refractivity contribution is -0.137. The Morgan fingerprint density at radius 1 is 1.41 bits per heavy atom. The van der Waals surface area contributed by atoms with Crippen molar-refractivity contribution in [1.82, 2.24) is 10.2 Å². The summed E-state index contributed by atoms with van der Waals surface area (Å²) in [7, 11) is -2.05. The maximum absolute atomic E-state index is 11.3. The zero-order valence-electron chi connectivity index (χ0n) is 9.55. The number of amides is 2. The summed E-state index contributed by atoms with van der Waals surface area (Å²) in [6.45, 7) is 0.267. The zero-order valence-corrected chi connectivity index (χ0v) is 10.4. The van der Waals surface area contributed by atoms with Crippen LogP contribution in [0.4, 0.5) is 4.79 Å². The number of carbonyl (C=O) groups is 2. The number of sulfonamides is 1. The molecule has 4 N–H and O–H groups in total. The van der Waals surface area contributed by atoms with Gasteiger partial charge in [0.05, 0.1) is 12.2 Å². The van der Waals surface area contributed by atoms with Gasteiger partial charge in [0.25, 0.3) is 0 Å². The van der Waals surface area contributed by atoms with Gasteiger partial charge in [-0.1, -0.05) is 0 Å². The van der Waals surface area contributed by atoms with Gasteiger partial charge in [-0.3, -0.25) is 4.79 Å². The molecule has 0 aliphatic heterocycles. The molecule has 2 amide bonds. The lowest BCUT2D eigenvalue weighted by atomic mass is 10.4. The number of nitrogens with two attached hydrogens (primary N) is 1. The van der Waals surface area contributed by atoms with E-state index in [1.165, 1.54) is 11.9 Å². The van der Waals surface area contributed by atoms with Gasteiger partial charge in [0.2, 0.25) is 10.0 Å². The molecule has 0 saturated carbocycles. The summed E-state index contributed by atoms with van der Waals surface area (Å²) in [6.07, 6.45) is 0.0818. The first-order chi connectivity index (χ1) is 7.72. The Kier molecular flexibility index (Phi) is 6.51. The number of carboxylic acids is 1. The summed E-state index contributed by atoms with van der Waals surface area (Å²) in [5.74, 6) is -1.19. The number of hydrogen-bond acceptors (Lipinski definition) is 4. The lowest BCUT2D eigenvalue weighted by Gasteiger charge is -2.16. The van der Waals surface area contributed by atoms with Gasteiger partial charge in [-0.25, -0.2) is 18.4 Å². The van der Waals surface area contributed by atoms with Crippen LogP contribution in [0, 0.1) is 0 Å². The average molecular weight is 267 g/mol. The normalized spacial score (nSPS) is 10.9. The molecule has 0 atom stereocenters. The molecule has 17 heavy (non-hydrogen) atoms. The van der Waals surface area contributed by atoms with Crippen LogP contribution in [0.25, 0.3) is 0 Å². The third-order valence-electron chi connectivity index (χ3n) is 1.89. The van der Waals surface area contributed by atoms with Crippen LogP contribution in [0.15, 0.2) is 0 Å². The van der Waals surface area contributed by atoms with E-state index in [1.807, 2.05) is 0 Å². The predicted molar refractivity (Wildman–Crippen MR) is 60.9 cm³/mol. The van der Waals surface area contributed by atoms with Gasteiger partial charge in [0, 0.05) is 20.1 Å². The first-order valence-electron chi connectivity index (χ1n) is 4.93. The maximum Gasteiger partial charge on any atom is 0.317 e. The van der Waals surface area contributed by atoms with Gasteiger partial charge in [-0.05, 0) is 6.42 Å². The Morgan fingerprint density at radius 3 is 2.47 bits per heavy atom. The van der Waals surface area contributed by atoms with Crippen LogP contribution in [0.3, 0.4) is 0 Å². The summed E-state index contributed by atoms with van der Waals surface area (Å²) in [5.41, 5.74) is 0. The molecule has 0 spiro atoms. The molecule has 0 radical (unpaired) electrons. The van der Waals surface area contributed by atoms with Crippen LogP contribution >= 0.6 is 0 Å². The van der Waals surface area contributed by atoms with E-state index in [0.717, 1.165) is 0 Å². The van der Waals surface area contributed by atoms with Gasteiger partial charge in [-0.2, -0.15) is 0 Å². The van der Waals surface area contributed by atoms with Crippen LogP contribution in [0.2, 0.25) is 0 Å². The number of rotatable bonds is 7. The van der Waals surface area contributed by atoms with Crippen molar-refractivity contribution in [2.75, 3.05) is 25.9 Å². The molecule has 0 aromatic rings. The van der Waals surface area contributed by atoms with Crippen molar-refractivity contribution in [1.29, 1.82) is 0 Å². The Labute approximate surface area is 99.8 Å². The number of primary sulfonamides is 1. The van der Waals surface area contributed by atoms with Gasteiger partial charge in [-0.15, -0.1) is 0 Å². The van der Waals surface area contributed by atoms with Gasteiger partial charge >= 0.3 is 12.0 Å². The fourth-order valence-electron chi connectivity index (χ4n) is 0.969. The number of nitrogens with one attached hydrogen (secondary N) is 1. The second-order valence-electron chi connectivity index (χ2n) is 3.52. The Morgan fingerprint density at radius 2 is 2.00 bits per heavy atom. The standard InChI is InChI=1S/C8H17N3O5S/c1-11(5-3-7(12)13)8(14)10-4-2-6-17(9,15)16/h2-6H2,1H3,(H,10,14)(H,12,13)(H2,9,15,16). The molecule has 0 rings (SSSR count). The number of hydrogen-bond donors (Lipinski definition) is 3. The van der Waals surface area contributed by atoms with E-state index in [-0.39, 0.29) is 31.7 Å². The fourth-order valence-corrected chi connectivity index (χ4v) is 1.52. The van der Waals surface area contributed by atoms with Crippen LogP contribution < -0.4 is 10.5 Å². The predicted octanol–water partition coefficient (Wildman–Crippen LogP) is -1.22. The molecule has 0 fully saturated rings. The monoisotopic (exact) mass is 267 g/mol. The third-order valence-corrected chi connectivity index (χ3v) is 2.75. The van der Waals surface area contributed by atoms with Crippen molar-refractivity contribution in [3.05, 3.63) is 0 Å². The topological polar surface area (TPSA) is 130 Å². The molecule has 9 heteroatoms. The van der Waals surface area contributed by atoms with E-state index in [0.29, 0.717) is 0 Å². The maximum atomic E-state index is 11.3. The minimum absolute atomic E-state index is 0.0936. The molecule has 8 nitrogen and oxygen atoms in total. The summed E-state index contributed by atoms with van der Waals surface area (Å²) in [5, 5.41) is 15.6. The highest BCUT2D eigenvalue weighted by Gasteiger charge is 2.09. The largest absolute Gasteiger partial charge is 0.481 e. The zero-order chi connectivity index (χ0) is 13.5. The van der Waals surface area contributed by atoms with Crippen molar-refractivity contribution >= 4 is 22.0 Å². The van der Waals surface area contributed by atoms with E-state index in [9.17, 15) is 18.0 Å². The molecule has 0 bridgehead atoms. The van der Waals surface area contributed by atoms with Gasteiger partial charge < -0.3 is 15.3 Å². The molecule has 0 aromatic heterocycles. The van der Waals surface area contributed by atoms with Gasteiger partial charge in [0.15, 0.2) is 0 Å². The summed E-state index contributed by atoms with van der Waals surface area (Å²) < 4.78 is 21.2. The fraction of sp³-hybridized carbons (Fsp3) is 0.750. The molecule has 0 heterocycles. The minimum atomic E-state index is -3.51. The van der Waals surface area contributed by atoms with Crippen LogP contribution in [-0.4, -0.2) is 56.3 Å². The quantitative estimate of drug-likeness (QED) is 0.498. The minimum Gasteiger partial charge on any atom is -0.481 e. The van der Waals surface area contributed by atoms with Crippen molar-refractivity contribution in [3.8, 4) is 0 Å². The van der Waals surface area contributed by atoms with E-state index >= 15 is 0 Å². The van der Waals surface area contributed by atoms with Gasteiger partial charge in [0.1, 0.15) is 0 Å². The average Bonchev–Trinajstić information content (AvgIpc) is 2.19. The van der Waals surface area contributed by atoms with E-state index in [2.05, 4.69) is 5.32 Å². The van der Waals surface area contributed by atoms with Crippen molar-refractivity contribution in [3.63, 3.8) is 0 Å². The molecule has 0 aliphatic carbocycles. The van der Waals surface area contributed by atoms with E-state index < -0.39 is 22.0 Å². The summed E-state index contributed by atoms with van der Waals surface area (Å²) in [6, 6.07) is -0.444. The van der Waals surface area contributed by atoms with Crippen LogP contribution in [0.1, 0.15) is 12.8 Å². The molecular formula is C8H17N3O5S. The van der Waals surface area contributed by atoms with Crippen molar-refractivity contribution < 1.29 is 23.1 Å². The molecule has 0 aromatic carbocycles. The Hall–Kier alpha value is -1.35. The second-order valence-corrected chi connectivity index (χ2v) is 5.25. The van der Waals surface area contributed by atoms with E-state index in [4.69, 9.17) is 10.2 Å². The second kappa shape index (κ2) is 7.07. The first kappa shape index (κ1) is 15.7. The summed E-state index contributed by atoms with van der Waals surface area (Å²) in [4.78, 5) is 22.8. The van der Waals surface area contributed by atoms with Crippen molar-refractivity contribution in [2.45, 2.75) is 12.8 Å². The molecule has 0 saturated heterocycles. The van der Waals surface area contributed by atoms with Crippen LogP contribution in [0.5, 0.6) is 0 Å². The highest BCUT2D eigenvalue weighted by molar-refractivity contribution is 7.89. The highest BCUT2D eigenvalue weighted by atomic mass is 32.2. The highest BCUT2D eigenvalue weighted by Crippen LogP contribution is 1.90. The van der Waals surface area contributed by atoms with Crippen LogP contribution in [-0.2, 0) is 14.8 Å². The Balaban J connectivity index is 3.75. The molecule has 0 aliphatic rings. The smallest absolute Gasteiger partial charge is 0.317 e. The number of carbonyl (C=O) groups excluding carboxylic acids is 1. The summed E-state index contributed by atoms with van der Waals surface area (Å²) >= 11 is 0. The SMILES string of the molecule is CN(CCC(=O)O)C(=O)NCCCS(N)(=O)=O. The number of aliphatic carboxylic acids is 1. The van der Waals surface area contributed by atoms with Crippen molar-refractivity contribution in [2.24, 2.45) is 5.14 Å². The lowest BCUT2D eigenvalue weighted by Crippen LogP contribution is -2.39. The third kappa shape index (κ3) is 9.57. The number of urea groups is 1. The number of nitrogens with zero attached hydrogens (tertiary/aromatic N) is 1. The molecule has 100 valence electrons. The number of carboxylic acid groups (broad SMARTS) is 1. The Bertz CT molecular complexity index is 367. The molecular weight excluding hydrogens is 250 g/mol.